The molecule has 3 heterocycles. The number of carbonyl (C=O) groups is 4. The summed E-state index contributed by atoms with van der Waals surface area (Å²) in [5, 5.41) is 5.52. The molecular formula is C47H57N5O9S. The minimum Gasteiger partial charge on any atom is -0.494 e. The molecule has 0 aliphatic carbocycles. The number of nitrogens with zero attached hydrogens (tertiary/aromatic N) is 2. The van der Waals surface area contributed by atoms with Gasteiger partial charge in [0.05, 0.1) is 29.7 Å². The fraction of sp³-hybridized carbons (Fsp3) is 0.426. The Labute approximate surface area is 364 Å². The highest BCUT2D eigenvalue weighted by Gasteiger charge is 2.44. The molecule has 6 rings (SSSR count). The molecule has 1 fully saturated rings. The summed E-state index contributed by atoms with van der Waals surface area (Å²) in [4.78, 5) is 55.0. The number of pyridine rings is 1. The van der Waals surface area contributed by atoms with Gasteiger partial charge in [-0.05, 0) is 97.8 Å². The average molecular weight is 868 g/mol. The maximum absolute atomic E-state index is 13.0. The van der Waals surface area contributed by atoms with Crippen LogP contribution >= 0.6 is 0 Å². The number of nitrogens with one attached hydrogen (secondary N) is 3. The minimum atomic E-state index is -3.41. The van der Waals surface area contributed by atoms with E-state index in [4.69, 9.17) is 14.2 Å². The van der Waals surface area contributed by atoms with Crippen LogP contribution in [0.5, 0.6) is 11.5 Å². The third-order valence-corrected chi connectivity index (χ3v) is 11.7. The highest BCUT2D eigenvalue weighted by atomic mass is 32.2. The maximum atomic E-state index is 13.0. The van der Waals surface area contributed by atoms with E-state index < -0.39 is 39.7 Å². The molecule has 330 valence electrons. The second-order valence-corrected chi connectivity index (χ2v) is 18.0. The van der Waals surface area contributed by atoms with Crippen LogP contribution in [0.15, 0.2) is 84.9 Å². The van der Waals surface area contributed by atoms with Crippen molar-refractivity contribution < 1.29 is 41.8 Å². The number of sulfonamides is 1. The average Bonchev–Trinajstić information content (AvgIpc) is 3.49. The number of benzene rings is 3. The largest absolute Gasteiger partial charge is 0.494 e. The van der Waals surface area contributed by atoms with Crippen molar-refractivity contribution in [3.05, 3.63) is 113 Å². The smallest absolute Gasteiger partial charge is 0.262 e. The summed E-state index contributed by atoms with van der Waals surface area (Å²) in [5.41, 5.74) is 3.96. The lowest BCUT2D eigenvalue weighted by Crippen LogP contribution is -2.54. The summed E-state index contributed by atoms with van der Waals surface area (Å²) >= 11 is 0. The Kier molecular flexibility index (Phi) is 15.7. The number of anilines is 2. The molecule has 1 saturated heterocycles. The van der Waals surface area contributed by atoms with Gasteiger partial charge in [0.15, 0.2) is 0 Å². The molecule has 3 N–H and O–H groups in total. The van der Waals surface area contributed by atoms with E-state index in [1.54, 1.807) is 36.4 Å². The highest BCUT2D eigenvalue weighted by molar-refractivity contribution is 7.92. The van der Waals surface area contributed by atoms with Gasteiger partial charge in [-0.2, -0.15) is 0 Å². The van der Waals surface area contributed by atoms with Gasteiger partial charge < -0.3 is 19.5 Å². The molecule has 4 aromatic rings. The van der Waals surface area contributed by atoms with Gasteiger partial charge in [-0.25, -0.2) is 13.4 Å². The van der Waals surface area contributed by atoms with Crippen LogP contribution in [0, 0.1) is 0 Å². The molecule has 0 spiro atoms. The zero-order valence-corrected chi connectivity index (χ0v) is 36.6. The first-order valence-electron chi connectivity index (χ1n) is 21.4. The molecule has 62 heavy (non-hydrogen) atoms. The molecule has 0 radical (unpaired) electrons. The van der Waals surface area contributed by atoms with Gasteiger partial charge in [0.1, 0.15) is 30.0 Å². The van der Waals surface area contributed by atoms with E-state index in [0.717, 1.165) is 79.7 Å². The van der Waals surface area contributed by atoms with Gasteiger partial charge >= 0.3 is 0 Å². The first kappa shape index (κ1) is 45.7. The number of piperidine rings is 1. The molecule has 2 aliphatic heterocycles. The summed E-state index contributed by atoms with van der Waals surface area (Å²) in [6, 6.07) is 25.5. The van der Waals surface area contributed by atoms with Gasteiger partial charge in [-0.1, -0.05) is 69.9 Å². The number of amides is 4. The van der Waals surface area contributed by atoms with Gasteiger partial charge in [-0.15, -0.1) is 0 Å². The second kappa shape index (κ2) is 21.3. The van der Waals surface area contributed by atoms with E-state index in [2.05, 4.69) is 58.5 Å². The van der Waals surface area contributed by atoms with Crippen LogP contribution in [0.4, 0.5) is 11.5 Å². The van der Waals surface area contributed by atoms with Crippen LogP contribution in [0.3, 0.4) is 0 Å². The number of hydrogen-bond acceptors (Lipinski definition) is 11. The van der Waals surface area contributed by atoms with E-state index in [-0.39, 0.29) is 41.8 Å². The van der Waals surface area contributed by atoms with Crippen LogP contribution in [0.25, 0.3) is 0 Å². The first-order chi connectivity index (χ1) is 29.8. The Morgan fingerprint density at radius 3 is 2.02 bits per heavy atom. The Bertz CT molecular complexity index is 2300. The lowest BCUT2D eigenvalue weighted by molar-refractivity contribution is -0.136. The van der Waals surface area contributed by atoms with Crippen molar-refractivity contribution in [2.24, 2.45) is 0 Å². The molecule has 3 aromatic carbocycles. The molecular weight excluding hydrogens is 811 g/mol. The van der Waals surface area contributed by atoms with E-state index >= 15 is 0 Å². The predicted octanol–water partition coefficient (Wildman–Crippen LogP) is 7.39. The van der Waals surface area contributed by atoms with Crippen molar-refractivity contribution >= 4 is 45.2 Å². The van der Waals surface area contributed by atoms with E-state index in [1.165, 1.54) is 12.0 Å². The molecule has 1 atom stereocenters. The molecule has 1 unspecified atom stereocenters. The fourth-order valence-electron chi connectivity index (χ4n) is 7.51. The number of unbranched alkanes of at least 4 members (excludes halogenated alkanes) is 6. The van der Waals surface area contributed by atoms with Crippen molar-refractivity contribution in [3.8, 4) is 11.5 Å². The third kappa shape index (κ3) is 12.6. The van der Waals surface area contributed by atoms with Crippen molar-refractivity contribution in [3.63, 3.8) is 0 Å². The number of fused-ring (bicyclic) bond motifs is 1. The Morgan fingerprint density at radius 2 is 1.35 bits per heavy atom. The number of hydrogen-bond donors (Lipinski definition) is 3. The van der Waals surface area contributed by atoms with E-state index in [9.17, 15) is 27.6 Å². The zero-order chi connectivity index (χ0) is 44.1. The number of ether oxygens (including phenoxy) is 3. The molecule has 0 bridgehead atoms. The maximum Gasteiger partial charge on any atom is 0.262 e. The van der Waals surface area contributed by atoms with E-state index in [1.807, 2.05) is 24.3 Å². The van der Waals surface area contributed by atoms with Gasteiger partial charge in [0.25, 0.3) is 11.8 Å². The standard InChI is InChI=1S/C47H57N5O9S/c1-47(2,34-17-22-38(23-18-34)61-32-36-13-12-14-42(49-36)51-62(3,57)58)33-15-20-37(21-16-33)60-30-10-7-5-4-6-9-28-59-29-11-8-27-48-35-19-24-39-40(31-35)46(56)52(45(39)55)41-25-26-43(53)50-44(41)54/h12-24,31,41,48H,4-11,25-30,32H2,1-3H3,(H,49,51)(H,50,53,54). The van der Waals surface area contributed by atoms with Gasteiger partial charge in [-0.3, -0.25) is 34.1 Å². The SMILES string of the molecule is CC(C)(c1ccc(OCCCCCCCCOCCCCNc2ccc3c(c2)C(=O)N(C2CCC(=O)NC2=O)C3=O)cc1)c1ccc(OCc2cccc(NS(C)(=O)=O)n2)cc1. The second-order valence-electron chi connectivity index (χ2n) is 16.3. The molecule has 4 amide bonds. The molecule has 2 aliphatic rings. The van der Waals surface area contributed by atoms with Crippen molar-refractivity contribution in [2.45, 2.75) is 96.1 Å². The Hall–Kier alpha value is -5.80. The van der Waals surface area contributed by atoms with Crippen LogP contribution < -0.4 is 24.8 Å². The van der Waals surface area contributed by atoms with Crippen molar-refractivity contribution in [1.29, 1.82) is 0 Å². The summed E-state index contributed by atoms with van der Waals surface area (Å²) in [5.74, 6) is -0.216. The molecule has 15 heteroatoms. The van der Waals surface area contributed by atoms with Gasteiger partial charge in [0.2, 0.25) is 21.8 Å². The predicted molar refractivity (Wildman–Crippen MR) is 237 cm³/mol. The van der Waals surface area contributed by atoms with Gasteiger partial charge in [0, 0.05) is 37.3 Å². The molecule has 1 aromatic heterocycles. The molecule has 14 nitrogen and oxygen atoms in total. The quantitative estimate of drug-likeness (QED) is 0.0472. The monoisotopic (exact) mass is 867 g/mol. The first-order valence-corrected chi connectivity index (χ1v) is 23.3. The summed E-state index contributed by atoms with van der Waals surface area (Å²) in [6.45, 7) is 7.39. The fourth-order valence-corrected chi connectivity index (χ4v) is 8.01. The lowest BCUT2D eigenvalue weighted by Gasteiger charge is -2.27. The normalized spacial score (nSPS) is 15.3. The van der Waals surface area contributed by atoms with Crippen LogP contribution in [0.1, 0.15) is 116 Å². The summed E-state index contributed by atoms with van der Waals surface area (Å²) < 4.78 is 43.2. The number of imide groups is 2. The van der Waals surface area contributed by atoms with Crippen LogP contribution in [0.2, 0.25) is 0 Å². The topological polar surface area (TPSA) is 182 Å². The van der Waals surface area contributed by atoms with Crippen LogP contribution in [-0.4, -0.2) is 80.6 Å². The number of rotatable bonds is 24. The Balaban J connectivity index is 0.775. The highest BCUT2D eigenvalue weighted by Crippen LogP contribution is 2.34. The zero-order valence-electron chi connectivity index (χ0n) is 35.7. The van der Waals surface area contributed by atoms with E-state index in [0.29, 0.717) is 31.2 Å². The molecule has 0 saturated carbocycles. The van der Waals surface area contributed by atoms with Crippen LogP contribution in [-0.2, 0) is 36.4 Å². The third-order valence-electron chi connectivity index (χ3n) is 11.1. The Morgan fingerprint density at radius 1 is 0.742 bits per heavy atom. The van der Waals surface area contributed by atoms with Crippen molar-refractivity contribution in [1.82, 2.24) is 15.2 Å². The number of carbonyl (C=O) groups excluding carboxylic acids is 4. The lowest BCUT2D eigenvalue weighted by atomic mass is 9.78. The van der Waals surface area contributed by atoms with Crippen molar-refractivity contribution in [2.75, 3.05) is 42.7 Å². The summed E-state index contributed by atoms with van der Waals surface area (Å²) in [6.07, 6.45) is 9.72. The number of aromatic nitrogens is 1. The summed E-state index contributed by atoms with van der Waals surface area (Å²) in [7, 11) is -3.41. The minimum absolute atomic E-state index is 0.0888.